The van der Waals surface area contributed by atoms with E-state index in [9.17, 15) is 14.4 Å². The Morgan fingerprint density at radius 1 is 1.28 bits per heavy atom. The molecule has 3 aromatic heterocycles. The number of nitrogen functional groups attached to an aromatic ring is 1. The van der Waals surface area contributed by atoms with Crippen LogP contribution in [0.1, 0.15) is 33.7 Å². The van der Waals surface area contributed by atoms with Gasteiger partial charge in [-0.3, -0.25) is 9.48 Å². The molecule has 0 aliphatic carbocycles. The van der Waals surface area contributed by atoms with E-state index in [4.69, 9.17) is 5.73 Å². The zero-order chi connectivity index (χ0) is 22.8. The molecule has 0 fully saturated rings. The Labute approximate surface area is 183 Å². The Morgan fingerprint density at radius 3 is 2.75 bits per heavy atom. The Morgan fingerprint density at radius 2 is 2.03 bits per heavy atom. The van der Waals surface area contributed by atoms with Crippen LogP contribution in [0.25, 0.3) is 16.7 Å². The summed E-state index contributed by atoms with van der Waals surface area (Å²) in [6.45, 7) is 2.26. The second-order valence-electron chi connectivity index (χ2n) is 7.37. The summed E-state index contributed by atoms with van der Waals surface area (Å²) in [7, 11) is 1.81. The zero-order valence-corrected chi connectivity index (χ0v) is 17.6. The van der Waals surface area contributed by atoms with Crippen molar-refractivity contribution < 1.29 is 9.18 Å². The summed E-state index contributed by atoms with van der Waals surface area (Å²) < 4.78 is 16.3. The number of nitrogens with zero attached hydrogens (tertiary/aromatic N) is 6. The van der Waals surface area contributed by atoms with Gasteiger partial charge in [0.2, 0.25) is 0 Å². The molecule has 4 aromatic rings. The highest BCUT2D eigenvalue weighted by atomic mass is 19.1. The molecule has 0 aliphatic heterocycles. The van der Waals surface area contributed by atoms with Gasteiger partial charge in [-0.25, -0.2) is 14.1 Å². The Bertz CT molecular complexity index is 1350. The third kappa shape index (κ3) is 3.88. The smallest absolute Gasteiger partial charge is 0.252 e. The van der Waals surface area contributed by atoms with Crippen LogP contribution in [0.4, 0.5) is 10.2 Å². The van der Waals surface area contributed by atoms with Crippen LogP contribution < -0.4 is 11.1 Å². The molecule has 1 aromatic carbocycles. The molecular formula is C22H21FN8O. The fraction of sp³-hybridized carbons (Fsp3) is 0.227. The van der Waals surface area contributed by atoms with Crippen LogP contribution in [0.3, 0.4) is 0 Å². The van der Waals surface area contributed by atoms with Gasteiger partial charge in [-0.2, -0.15) is 15.5 Å². The minimum absolute atomic E-state index is 0.198. The molecular weight excluding hydrogens is 411 g/mol. The molecule has 162 valence electrons. The SMILES string of the molecule is Cc1nn(C)c2ncc(C(=O)NCCCc3nn(-c4ccc(F)cc4)c(N)c3C#N)cc12. The molecule has 0 atom stereocenters. The number of aryl methyl sites for hydroxylation is 3. The number of hydrogen-bond acceptors (Lipinski definition) is 6. The standard InChI is InChI=1S/C22H21FN8O/c1-13-17-10-14(12-27-21(17)30(2)28-13)22(32)26-9-3-4-19-18(11-24)20(25)31(29-19)16-7-5-15(23)6-8-16/h5-8,10,12H,3-4,9,25H2,1-2H3,(H,26,32). The predicted molar refractivity (Wildman–Crippen MR) is 117 cm³/mol. The van der Waals surface area contributed by atoms with Crippen LogP contribution in [0, 0.1) is 24.1 Å². The van der Waals surface area contributed by atoms with Gasteiger partial charge in [0.05, 0.1) is 22.6 Å². The van der Waals surface area contributed by atoms with Crippen LogP contribution in [0.5, 0.6) is 0 Å². The number of pyridine rings is 1. The van der Waals surface area contributed by atoms with Gasteiger partial charge in [0.15, 0.2) is 5.65 Å². The number of carbonyl (C=O) groups excluding carboxylic acids is 1. The van der Waals surface area contributed by atoms with Crippen molar-refractivity contribution in [3.63, 3.8) is 0 Å². The normalized spacial score (nSPS) is 10.9. The first-order valence-electron chi connectivity index (χ1n) is 10.00. The first kappa shape index (κ1) is 21.0. The summed E-state index contributed by atoms with van der Waals surface area (Å²) in [5.41, 5.74) is 9.43. The van der Waals surface area contributed by atoms with E-state index in [1.807, 2.05) is 14.0 Å². The van der Waals surface area contributed by atoms with E-state index in [1.54, 1.807) is 22.9 Å². The van der Waals surface area contributed by atoms with Crippen molar-refractivity contribution in [1.82, 2.24) is 29.9 Å². The van der Waals surface area contributed by atoms with Crippen LogP contribution in [-0.4, -0.2) is 37.0 Å². The number of nitrogens with two attached hydrogens (primary N) is 1. The molecule has 0 bridgehead atoms. The molecule has 1 amide bonds. The van der Waals surface area contributed by atoms with Crippen molar-refractivity contribution in [1.29, 1.82) is 5.26 Å². The average Bonchev–Trinajstić information content (AvgIpc) is 3.26. The first-order chi connectivity index (χ1) is 15.4. The summed E-state index contributed by atoms with van der Waals surface area (Å²) in [5, 5.41) is 21.9. The van der Waals surface area contributed by atoms with E-state index in [2.05, 4.69) is 26.6 Å². The predicted octanol–water partition coefficient (Wildman–Crippen LogP) is 2.42. The molecule has 0 aliphatic rings. The van der Waals surface area contributed by atoms with Gasteiger partial charge in [0.1, 0.15) is 23.3 Å². The van der Waals surface area contributed by atoms with E-state index >= 15 is 0 Å². The number of hydrogen-bond donors (Lipinski definition) is 2. The molecule has 0 unspecified atom stereocenters. The van der Waals surface area contributed by atoms with Gasteiger partial charge < -0.3 is 11.1 Å². The molecule has 0 saturated heterocycles. The number of halogens is 1. The molecule has 0 radical (unpaired) electrons. The van der Waals surface area contributed by atoms with Crippen molar-refractivity contribution in [3.8, 4) is 11.8 Å². The lowest BCUT2D eigenvalue weighted by Crippen LogP contribution is -2.25. The number of nitrogens with one attached hydrogen (secondary N) is 1. The topological polar surface area (TPSA) is 127 Å². The summed E-state index contributed by atoms with van der Waals surface area (Å²) in [5.74, 6) is -0.409. The summed E-state index contributed by atoms with van der Waals surface area (Å²) >= 11 is 0. The van der Waals surface area contributed by atoms with Gasteiger partial charge in [-0.15, -0.1) is 0 Å². The minimum Gasteiger partial charge on any atom is -0.382 e. The van der Waals surface area contributed by atoms with Crippen molar-refractivity contribution in [3.05, 3.63) is 64.9 Å². The number of anilines is 1. The second kappa shape index (κ2) is 8.47. The fourth-order valence-corrected chi connectivity index (χ4v) is 3.55. The van der Waals surface area contributed by atoms with Crippen molar-refractivity contribution >= 4 is 22.8 Å². The average molecular weight is 432 g/mol. The maximum atomic E-state index is 13.2. The van der Waals surface area contributed by atoms with E-state index in [-0.39, 0.29) is 23.1 Å². The number of aromatic nitrogens is 5. The quantitative estimate of drug-likeness (QED) is 0.451. The Balaban J connectivity index is 1.41. The molecule has 0 spiro atoms. The highest BCUT2D eigenvalue weighted by Gasteiger charge is 2.17. The summed E-state index contributed by atoms with van der Waals surface area (Å²) in [6, 6.07) is 9.54. The number of nitriles is 1. The molecule has 3 N–H and O–H groups in total. The Kier molecular flexibility index (Phi) is 5.55. The largest absolute Gasteiger partial charge is 0.382 e. The number of amides is 1. The molecule has 0 saturated carbocycles. The summed E-state index contributed by atoms with van der Waals surface area (Å²) in [4.78, 5) is 16.8. The molecule has 3 heterocycles. The van der Waals surface area contributed by atoms with Crippen LogP contribution in [-0.2, 0) is 13.5 Å². The van der Waals surface area contributed by atoms with Crippen LogP contribution in [0.2, 0.25) is 0 Å². The minimum atomic E-state index is -0.371. The van der Waals surface area contributed by atoms with E-state index in [1.165, 1.54) is 23.0 Å². The molecule has 10 heteroatoms. The number of benzene rings is 1. The highest BCUT2D eigenvalue weighted by Crippen LogP contribution is 2.22. The summed E-state index contributed by atoms with van der Waals surface area (Å²) in [6.07, 6.45) is 2.53. The van der Waals surface area contributed by atoms with Gasteiger partial charge in [0, 0.05) is 25.2 Å². The van der Waals surface area contributed by atoms with Gasteiger partial charge >= 0.3 is 0 Å². The third-order valence-electron chi connectivity index (χ3n) is 5.18. The van der Waals surface area contributed by atoms with Crippen molar-refractivity contribution in [2.75, 3.05) is 12.3 Å². The second-order valence-corrected chi connectivity index (χ2v) is 7.37. The van der Waals surface area contributed by atoms with Crippen molar-refractivity contribution in [2.45, 2.75) is 19.8 Å². The number of fused-ring (bicyclic) bond motifs is 1. The van der Waals surface area contributed by atoms with Crippen LogP contribution in [0.15, 0.2) is 36.5 Å². The van der Waals surface area contributed by atoms with Gasteiger partial charge in [-0.1, -0.05) is 0 Å². The number of carbonyl (C=O) groups is 1. The fourth-order valence-electron chi connectivity index (χ4n) is 3.55. The maximum absolute atomic E-state index is 13.2. The van der Waals surface area contributed by atoms with E-state index in [0.717, 1.165) is 16.7 Å². The van der Waals surface area contributed by atoms with E-state index < -0.39 is 0 Å². The highest BCUT2D eigenvalue weighted by molar-refractivity contribution is 5.97. The molecule has 4 rings (SSSR count). The monoisotopic (exact) mass is 432 g/mol. The number of rotatable bonds is 6. The third-order valence-corrected chi connectivity index (χ3v) is 5.18. The van der Waals surface area contributed by atoms with Gasteiger partial charge in [-0.05, 0) is 50.1 Å². The molecule has 32 heavy (non-hydrogen) atoms. The van der Waals surface area contributed by atoms with E-state index in [0.29, 0.717) is 36.3 Å². The Hall–Kier alpha value is -4.26. The zero-order valence-electron chi connectivity index (χ0n) is 17.6. The molecule has 9 nitrogen and oxygen atoms in total. The van der Waals surface area contributed by atoms with Gasteiger partial charge in [0.25, 0.3) is 5.91 Å². The lowest BCUT2D eigenvalue weighted by atomic mass is 10.1. The lowest BCUT2D eigenvalue weighted by molar-refractivity contribution is 0.0953. The maximum Gasteiger partial charge on any atom is 0.252 e. The lowest BCUT2D eigenvalue weighted by Gasteiger charge is -2.05. The van der Waals surface area contributed by atoms with Crippen molar-refractivity contribution in [2.24, 2.45) is 7.05 Å². The van der Waals surface area contributed by atoms with Crippen LogP contribution >= 0.6 is 0 Å². The first-order valence-corrected chi connectivity index (χ1v) is 10.00.